The fourth-order valence-electron chi connectivity index (χ4n) is 3.49. The molecule has 0 spiro atoms. The Balaban J connectivity index is 1.42. The van der Waals surface area contributed by atoms with Crippen molar-refractivity contribution in [3.8, 4) is 0 Å². The lowest BCUT2D eigenvalue weighted by atomic mass is 10.2. The monoisotopic (exact) mass is 384 g/mol. The normalized spacial score (nSPS) is 15.7. The number of aromatic nitrogens is 2. The standard InChI is InChI=1S/C21H32N6O/c1-2-22-21(23-12-8-16-26-14-6-3-4-10-20(26)28)24-13-11-18-17-27-15-7-5-9-19(27)25-18/h5,7,9,15,17H,2-4,6,8,10-14,16H2,1H3,(H2,22,23,24). The Morgan fingerprint density at radius 1 is 1.25 bits per heavy atom. The van der Waals surface area contributed by atoms with Gasteiger partial charge in [-0.15, -0.1) is 0 Å². The van der Waals surface area contributed by atoms with Gasteiger partial charge in [0.05, 0.1) is 5.69 Å². The van der Waals surface area contributed by atoms with Crippen LogP contribution in [0.25, 0.3) is 5.65 Å². The summed E-state index contributed by atoms with van der Waals surface area (Å²) < 4.78 is 2.04. The zero-order valence-electron chi connectivity index (χ0n) is 16.9. The molecule has 7 nitrogen and oxygen atoms in total. The Kier molecular flexibility index (Phi) is 7.70. The van der Waals surface area contributed by atoms with Crippen LogP contribution in [0.1, 0.15) is 44.7 Å². The molecule has 0 saturated carbocycles. The second-order valence-corrected chi connectivity index (χ2v) is 7.18. The van der Waals surface area contributed by atoms with Crippen molar-refractivity contribution < 1.29 is 4.79 Å². The first-order chi connectivity index (χ1) is 13.8. The zero-order valence-corrected chi connectivity index (χ0v) is 16.9. The second kappa shape index (κ2) is 10.7. The minimum atomic E-state index is 0.305. The number of pyridine rings is 1. The van der Waals surface area contributed by atoms with Crippen molar-refractivity contribution in [3.63, 3.8) is 0 Å². The summed E-state index contributed by atoms with van der Waals surface area (Å²) in [6.07, 6.45) is 9.86. The smallest absolute Gasteiger partial charge is 0.222 e. The van der Waals surface area contributed by atoms with Crippen LogP contribution >= 0.6 is 0 Å². The van der Waals surface area contributed by atoms with Gasteiger partial charge in [-0.3, -0.25) is 9.79 Å². The van der Waals surface area contributed by atoms with Crippen molar-refractivity contribution in [2.75, 3.05) is 32.7 Å². The molecule has 2 aromatic rings. The van der Waals surface area contributed by atoms with Gasteiger partial charge in [-0.25, -0.2) is 4.98 Å². The highest BCUT2D eigenvalue weighted by molar-refractivity contribution is 5.79. The summed E-state index contributed by atoms with van der Waals surface area (Å²) in [5.41, 5.74) is 2.04. The van der Waals surface area contributed by atoms with Gasteiger partial charge in [0.1, 0.15) is 5.65 Å². The molecule has 0 atom stereocenters. The third-order valence-electron chi connectivity index (χ3n) is 4.96. The third-order valence-corrected chi connectivity index (χ3v) is 4.96. The molecule has 1 aliphatic rings. The molecule has 0 aliphatic carbocycles. The zero-order chi connectivity index (χ0) is 19.6. The highest BCUT2D eigenvalue weighted by Gasteiger charge is 2.15. The van der Waals surface area contributed by atoms with Crippen molar-refractivity contribution >= 4 is 17.5 Å². The number of fused-ring (bicyclic) bond motifs is 1. The average molecular weight is 385 g/mol. The number of hydrogen-bond donors (Lipinski definition) is 2. The van der Waals surface area contributed by atoms with Crippen LogP contribution in [-0.4, -0.2) is 58.9 Å². The van der Waals surface area contributed by atoms with Gasteiger partial charge in [0.2, 0.25) is 5.91 Å². The van der Waals surface area contributed by atoms with Gasteiger partial charge < -0.3 is 19.9 Å². The average Bonchev–Trinajstić information content (AvgIpc) is 3.00. The summed E-state index contributed by atoms with van der Waals surface area (Å²) in [4.78, 5) is 23.3. The van der Waals surface area contributed by atoms with E-state index in [9.17, 15) is 4.79 Å². The number of rotatable bonds is 8. The minimum absolute atomic E-state index is 0.305. The fourth-order valence-corrected chi connectivity index (χ4v) is 3.49. The Labute approximate surface area is 167 Å². The summed E-state index contributed by atoms with van der Waals surface area (Å²) in [6, 6.07) is 6.02. The maximum Gasteiger partial charge on any atom is 0.222 e. The number of carbonyl (C=O) groups excluding carboxylic acids is 1. The molecule has 7 heteroatoms. The predicted octanol–water partition coefficient (Wildman–Crippen LogP) is 2.22. The molecular formula is C21H32N6O. The van der Waals surface area contributed by atoms with E-state index in [0.29, 0.717) is 18.9 Å². The number of nitrogens with zero attached hydrogens (tertiary/aromatic N) is 4. The SMILES string of the molecule is CCNC(=NCCCN1CCCCCC1=O)NCCc1cn2ccccc2n1. The number of aliphatic imine (C=N–C) groups is 1. The summed E-state index contributed by atoms with van der Waals surface area (Å²) in [7, 11) is 0. The van der Waals surface area contributed by atoms with Gasteiger partial charge >= 0.3 is 0 Å². The van der Waals surface area contributed by atoms with E-state index in [1.165, 1.54) is 6.42 Å². The van der Waals surface area contributed by atoms with Crippen LogP contribution in [0.3, 0.4) is 0 Å². The van der Waals surface area contributed by atoms with Crippen molar-refractivity contribution in [2.45, 2.75) is 45.4 Å². The molecular weight excluding hydrogens is 352 g/mol. The molecule has 1 aliphatic heterocycles. The molecule has 0 bridgehead atoms. The highest BCUT2D eigenvalue weighted by Crippen LogP contribution is 2.11. The maximum atomic E-state index is 12.0. The largest absolute Gasteiger partial charge is 0.357 e. The first-order valence-corrected chi connectivity index (χ1v) is 10.5. The minimum Gasteiger partial charge on any atom is -0.357 e. The first-order valence-electron chi connectivity index (χ1n) is 10.5. The third kappa shape index (κ3) is 5.97. The van der Waals surface area contributed by atoms with Crippen LogP contribution in [0, 0.1) is 0 Å². The van der Waals surface area contributed by atoms with Crippen LogP contribution in [0.15, 0.2) is 35.6 Å². The van der Waals surface area contributed by atoms with E-state index in [1.54, 1.807) is 0 Å². The number of hydrogen-bond acceptors (Lipinski definition) is 3. The number of guanidine groups is 1. The van der Waals surface area contributed by atoms with Crippen molar-refractivity contribution in [3.05, 3.63) is 36.3 Å². The van der Waals surface area contributed by atoms with E-state index in [1.807, 2.05) is 33.7 Å². The second-order valence-electron chi connectivity index (χ2n) is 7.18. The van der Waals surface area contributed by atoms with E-state index in [0.717, 1.165) is 69.2 Å². The van der Waals surface area contributed by atoms with Gasteiger partial charge in [-0.1, -0.05) is 12.5 Å². The van der Waals surface area contributed by atoms with E-state index >= 15 is 0 Å². The van der Waals surface area contributed by atoms with Gasteiger partial charge in [-0.2, -0.15) is 0 Å². The molecule has 28 heavy (non-hydrogen) atoms. The lowest BCUT2D eigenvalue weighted by molar-refractivity contribution is -0.130. The molecule has 0 unspecified atom stereocenters. The number of likely N-dealkylation sites (tertiary alicyclic amines) is 1. The Morgan fingerprint density at radius 3 is 3.04 bits per heavy atom. The molecule has 3 heterocycles. The van der Waals surface area contributed by atoms with Gasteiger partial charge in [0, 0.05) is 58.0 Å². The quantitative estimate of drug-likeness (QED) is 0.416. The first kappa shape index (κ1) is 20.2. The molecule has 1 saturated heterocycles. The Morgan fingerprint density at radius 2 is 2.18 bits per heavy atom. The molecule has 0 aromatic carbocycles. The van der Waals surface area contributed by atoms with Gasteiger partial charge in [0.25, 0.3) is 0 Å². The number of carbonyl (C=O) groups is 1. The highest BCUT2D eigenvalue weighted by atomic mass is 16.2. The van der Waals surface area contributed by atoms with Crippen LogP contribution in [0.2, 0.25) is 0 Å². The molecule has 1 amide bonds. The lowest BCUT2D eigenvalue weighted by Crippen LogP contribution is -2.38. The van der Waals surface area contributed by atoms with Crippen LogP contribution in [0.4, 0.5) is 0 Å². The maximum absolute atomic E-state index is 12.0. The molecule has 152 valence electrons. The van der Waals surface area contributed by atoms with Crippen molar-refractivity contribution in [1.29, 1.82) is 0 Å². The summed E-state index contributed by atoms with van der Waals surface area (Å²) in [6.45, 7) is 6.09. The van der Waals surface area contributed by atoms with Crippen LogP contribution in [-0.2, 0) is 11.2 Å². The summed E-state index contributed by atoms with van der Waals surface area (Å²) in [5, 5.41) is 6.67. The number of amides is 1. The topological polar surface area (TPSA) is 74.0 Å². The molecule has 2 N–H and O–H groups in total. The predicted molar refractivity (Wildman–Crippen MR) is 113 cm³/mol. The van der Waals surface area contributed by atoms with E-state index in [2.05, 4.69) is 33.7 Å². The van der Waals surface area contributed by atoms with Gasteiger partial charge in [0.15, 0.2) is 5.96 Å². The van der Waals surface area contributed by atoms with Crippen LogP contribution < -0.4 is 10.6 Å². The van der Waals surface area contributed by atoms with Crippen molar-refractivity contribution in [1.82, 2.24) is 24.9 Å². The Bertz CT molecular complexity index is 751. The van der Waals surface area contributed by atoms with Crippen molar-refractivity contribution in [2.24, 2.45) is 4.99 Å². The molecule has 3 rings (SSSR count). The summed E-state index contributed by atoms with van der Waals surface area (Å²) >= 11 is 0. The molecule has 2 aromatic heterocycles. The fraction of sp³-hybridized carbons (Fsp3) is 0.571. The van der Waals surface area contributed by atoms with E-state index < -0.39 is 0 Å². The lowest BCUT2D eigenvalue weighted by Gasteiger charge is -2.20. The van der Waals surface area contributed by atoms with Gasteiger partial charge in [-0.05, 0) is 38.3 Å². The summed E-state index contributed by atoms with van der Waals surface area (Å²) in [5.74, 6) is 1.13. The number of nitrogens with one attached hydrogen (secondary N) is 2. The Hall–Kier alpha value is -2.57. The number of imidazole rings is 1. The molecule has 1 fully saturated rings. The molecule has 0 radical (unpaired) electrons. The van der Waals surface area contributed by atoms with E-state index in [4.69, 9.17) is 0 Å². The van der Waals surface area contributed by atoms with Crippen LogP contribution in [0.5, 0.6) is 0 Å². The van der Waals surface area contributed by atoms with E-state index in [-0.39, 0.29) is 0 Å².